The van der Waals surface area contributed by atoms with Crippen molar-refractivity contribution in [1.82, 2.24) is 5.32 Å². The van der Waals surface area contributed by atoms with Crippen LogP contribution in [0.4, 0.5) is 0 Å². The Balaban J connectivity index is 2.62. The Bertz CT molecular complexity index is 427. The molecule has 0 aliphatic heterocycles. The lowest BCUT2D eigenvalue weighted by Gasteiger charge is -2.29. The molecule has 112 valence electrons. The first-order valence-corrected chi connectivity index (χ1v) is 6.91. The lowest BCUT2D eigenvalue weighted by Crippen LogP contribution is -2.51. The molecule has 0 aliphatic rings. The Hall–Kier alpha value is -1.39. The number of nitrogens with one attached hydrogen (secondary N) is 1. The second-order valence-electron chi connectivity index (χ2n) is 6.16. The molecule has 0 aromatic heterocycles. The largest absolute Gasteiger partial charge is 0.385 e. The SMILES string of the molecule is COCCC(C)(C)CNC(=O)C(C)(N)c1ccccc1. The first-order valence-electron chi connectivity index (χ1n) is 6.91. The van der Waals surface area contributed by atoms with Gasteiger partial charge in [-0.05, 0) is 24.3 Å². The summed E-state index contributed by atoms with van der Waals surface area (Å²) in [6.45, 7) is 7.20. The fraction of sp³-hybridized carbons (Fsp3) is 0.562. The van der Waals surface area contributed by atoms with E-state index in [-0.39, 0.29) is 11.3 Å². The number of hydrogen-bond acceptors (Lipinski definition) is 3. The molecule has 1 aromatic rings. The molecule has 3 N–H and O–H groups in total. The van der Waals surface area contributed by atoms with E-state index in [4.69, 9.17) is 10.5 Å². The number of methoxy groups -OCH3 is 1. The average molecular weight is 278 g/mol. The van der Waals surface area contributed by atoms with Gasteiger partial charge in [0.15, 0.2) is 0 Å². The van der Waals surface area contributed by atoms with E-state index in [2.05, 4.69) is 19.2 Å². The second kappa shape index (κ2) is 6.86. The molecule has 0 fully saturated rings. The number of hydrogen-bond donors (Lipinski definition) is 2. The van der Waals surface area contributed by atoms with Crippen LogP contribution in [0.25, 0.3) is 0 Å². The molecular weight excluding hydrogens is 252 g/mol. The van der Waals surface area contributed by atoms with E-state index in [1.165, 1.54) is 0 Å². The first-order chi connectivity index (χ1) is 9.29. The Morgan fingerprint density at radius 3 is 2.40 bits per heavy atom. The Kier molecular flexibility index (Phi) is 5.72. The van der Waals surface area contributed by atoms with Crippen molar-refractivity contribution >= 4 is 5.91 Å². The van der Waals surface area contributed by atoms with E-state index < -0.39 is 5.54 Å². The van der Waals surface area contributed by atoms with Crippen LogP contribution >= 0.6 is 0 Å². The highest BCUT2D eigenvalue weighted by atomic mass is 16.5. The van der Waals surface area contributed by atoms with E-state index >= 15 is 0 Å². The third-order valence-electron chi connectivity index (χ3n) is 3.56. The molecular formula is C16H26N2O2. The Morgan fingerprint density at radius 1 is 1.25 bits per heavy atom. The van der Waals surface area contributed by atoms with E-state index in [0.717, 1.165) is 12.0 Å². The molecule has 0 saturated carbocycles. The molecule has 4 nitrogen and oxygen atoms in total. The highest BCUT2D eigenvalue weighted by Crippen LogP contribution is 2.21. The maximum atomic E-state index is 12.3. The topological polar surface area (TPSA) is 64.3 Å². The second-order valence-corrected chi connectivity index (χ2v) is 6.16. The third kappa shape index (κ3) is 4.62. The normalized spacial score (nSPS) is 14.7. The summed E-state index contributed by atoms with van der Waals surface area (Å²) in [5.41, 5.74) is 5.96. The minimum atomic E-state index is -1.02. The van der Waals surface area contributed by atoms with Crippen molar-refractivity contribution in [2.24, 2.45) is 11.1 Å². The van der Waals surface area contributed by atoms with Crippen molar-refractivity contribution in [2.75, 3.05) is 20.3 Å². The van der Waals surface area contributed by atoms with Gasteiger partial charge in [-0.25, -0.2) is 0 Å². The number of rotatable bonds is 7. The zero-order chi connectivity index (χ0) is 15.2. The van der Waals surface area contributed by atoms with Gasteiger partial charge in [-0.3, -0.25) is 4.79 Å². The molecule has 1 rings (SSSR count). The minimum Gasteiger partial charge on any atom is -0.385 e. The summed E-state index contributed by atoms with van der Waals surface area (Å²) in [4.78, 5) is 12.3. The van der Waals surface area contributed by atoms with Crippen LogP contribution in [0.15, 0.2) is 30.3 Å². The lowest BCUT2D eigenvalue weighted by molar-refractivity contribution is -0.126. The smallest absolute Gasteiger partial charge is 0.244 e. The van der Waals surface area contributed by atoms with E-state index in [9.17, 15) is 4.79 Å². The van der Waals surface area contributed by atoms with Crippen molar-refractivity contribution in [3.63, 3.8) is 0 Å². The maximum Gasteiger partial charge on any atom is 0.244 e. The predicted molar refractivity (Wildman–Crippen MR) is 81.3 cm³/mol. The van der Waals surface area contributed by atoms with Gasteiger partial charge in [0.05, 0.1) is 0 Å². The van der Waals surface area contributed by atoms with Gasteiger partial charge in [0.1, 0.15) is 5.54 Å². The van der Waals surface area contributed by atoms with Gasteiger partial charge in [-0.2, -0.15) is 0 Å². The Labute approximate surface area is 121 Å². The molecule has 0 radical (unpaired) electrons. The third-order valence-corrected chi connectivity index (χ3v) is 3.56. The number of carbonyl (C=O) groups is 1. The van der Waals surface area contributed by atoms with Crippen molar-refractivity contribution in [1.29, 1.82) is 0 Å². The van der Waals surface area contributed by atoms with Crippen molar-refractivity contribution in [3.05, 3.63) is 35.9 Å². The van der Waals surface area contributed by atoms with Crippen LogP contribution in [0.1, 0.15) is 32.8 Å². The van der Waals surface area contributed by atoms with Crippen LogP contribution in [0.5, 0.6) is 0 Å². The lowest BCUT2D eigenvalue weighted by atomic mass is 9.88. The number of amides is 1. The van der Waals surface area contributed by atoms with Gasteiger partial charge in [0.2, 0.25) is 5.91 Å². The standard InChI is InChI=1S/C16H26N2O2/c1-15(2,10-11-20-4)12-18-14(19)16(3,17)13-8-6-5-7-9-13/h5-9H,10-12,17H2,1-4H3,(H,18,19). The van der Waals surface area contributed by atoms with Crippen LogP contribution in [0.3, 0.4) is 0 Å². The summed E-state index contributed by atoms with van der Waals surface area (Å²) in [6.07, 6.45) is 0.885. The molecule has 1 amide bonds. The van der Waals surface area contributed by atoms with E-state index in [1.54, 1.807) is 14.0 Å². The van der Waals surface area contributed by atoms with Gasteiger partial charge in [0.25, 0.3) is 0 Å². The molecule has 0 heterocycles. The summed E-state index contributed by atoms with van der Waals surface area (Å²) in [5, 5.41) is 2.95. The molecule has 0 aliphatic carbocycles. The van der Waals surface area contributed by atoms with Gasteiger partial charge in [-0.15, -0.1) is 0 Å². The monoisotopic (exact) mass is 278 g/mol. The number of benzene rings is 1. The highest BCUT2D eigenvalue weighted by molar-refractivity contribution is 5.87. The fourth-order valence-electron chi connectivity index (χ4n) is 1.89. The van der Waals surface area contributed by atoms with Crippen LogP contribution in [0.2, 0.25) is 0 Å². The van der Waals surface area contributed by atoms with Gasteiger partial charge < -0.3 is 15.8 Å². The summed E-state index contributed by atoms with van der Waals surface area (Å²) < 4.78 is 5.08. The van der Waals surface area contributed by atoms with E-state index in [1.807, 2.05) is 30.3 Å². The van der Waals surface area contributed by atoms with Crippen LogP contribution in [-0.4, -0.2) is 26.2 Å². The van der Waals surface area contributed by atoms with Crippen LogP contribution < -0.4 is 11.1 Å². The first kappa shape index (κ1) is 16.7. The van der Waals surface area contributed by atoms with Crippen molar-refractivity contribution in [2.45, 2.75) is 32.7 Å². The highest BCUT2D eigenvalue weighted by Gasteiger charge is 2.31. The van der Waals surface area contributed by atoms with Crippen molar-refractivity contribution in [3.8, 4) is 0 Å². The molecule has 0 bridgehead atoms. The summed E-state index contributed by atoms with van der Waals surface area (Å²) in [6, 6.07) is 9.42. The van der Waals surface area contributed by atoms with Gasteiger partial charge in [0, 0.05) is 20.3 Å². The molecule has 1 aromatic carbocycles. The molecule has 1 unspecified atom stereocenters. The van der Waals surface area contributed by atoms with E-state index in [0.29, 0.717) is 13.2 Å². The summed E-state index contributed by atoms with van der Waals surface area (Å²) >= 11 is 0. The summed E-state index contributed by atoms with van der Waals surface area (Å²) in [7, 11) is 1.68. The maximum absolute atomic E-state index is 12.3. The molecule has 0 saturated heterocycles. The quantitative estimate of drug-likeness (QED) is 0.802. The van der Waals surface area contributed by atoms with Crippen LogP contribution in [-0.2, 0) is 15.1 Å². The zero-order valence-corrected chi connectivity index (χ0v) is 12.9. The average Bonchev–Trinajstić information content (AvgIpc) is 2.43. The van der Waals surface area contributed by atoms with Gasteiger partial charge >= 0.3 is 0 Å². The zero-order valence-electron chi connectivity index (χ0n) is 12.9. The van der Waals surface area contributed by atoms with Crippen molar-refractivity contribution < 1.29 is 9.53 Å². The number of carbonyl (C=O) groups excluding carboxylic acids is 1. The fourth-order valence-corrected chi connectivity index (χ4v) is 1.89. The number of ether oxygens (including phenoxy) is 1. The molecule has 20 heavy (non-hydrogen) atoms. The van der Waals surface area contributed by atoms with Gasteiger partial charge in [-0.1, -0.05) is 44.2 Å². The van der Waals surface area contributed by atoms with Crippen LogP contribution in [0, 0.1) is 5.41 Å². The Morgan fingerprint density at radius 2 is 1.85 bits per heavy atom. The number of nitrogens with two attached hydrogens (primary N) is 1. The molecule has 0 spiro atoms. The summed E-state index contributed by atoms with van der Waals surface area (Å²) in [5.74, 6) is -0.158. The predicted octanol–water partition coefficient (Wildman–Crippen LogP) is 2.04. The molecule has 1 atom stereocenters. The minimum absolute atomic E-state index is 0.0154. The molecule has 4 heteroatoms.